The lowest BCUT2D eigenvalue weighted by Gasteiger charge is -2.22. The van der Waals surface area contributed by atoms with Crippen LogP contribution in [0.2, 0.25) is 0 Å². The Morgan fingerprint density at radius 2 is 2.03 bits per heavy atom. The van der Waals surface area contributed by atoms with Crippen molar-refractivity contribution in [1.29, 1.82) is 0 Å². The number of hydrogen-bond acceptors (Lipinski definition) is 6. The second kappa shape index (κ2) is 9.61. The van der Waals surface area contributed by atoms with Gasteiger partial charge in [0.2, 0.25) is 0 Å². The second-order valence-corrected chi connectivity index (χ2v) is 8.69. The first kappa shape index (κ1) is 22.0. The third-order valence-corrected chi connectivity index (χ3v) is 6.32. The van der Waals surface area contributed by atoms with Gasteiger partial charge in [0, 0.05) is 30.9 Å². The third-order valence-electron chi connectivity index (χ3n) is 6.32. The van der Waals surface area contributed by atoms with E-state index in [1.165, 1.54) is 0 Å². The highest BCUT2D eigenvalue weighted by Gasteiger charge is 2.16. The number of rotatable bonds is 6. The number of fused-ring (bicyclic) bond motifs is 1. The number of benzene rings is 2. The van der Waals surface area contributed by atoms with Gasteiger partial charge >= 0.3 is 0 Å². The van der Waals surface area contributed by atoms with Gasteiger partial charge in [-0.25, -0.2) is 4.98 Å². The van der Waals surface area contributed by atoms with Gasteiger partial charge in [0.25, 0.3) is 11.5 Å². The molecule has 3 heterocycles. The molecule has 1 saturated heterocycles. The molecular weight excluding hydrogens is 432 g/mol. The Morgan fingerprint density at radius 3 is 2.82 bits per heavy atom. The lowest BCUT2D eigenvalue weighted by atomic mass is 10.0. The van der Waals surface area contributed by atoms with E-state index in [2.05, 4.69) is 15.5 Å². The first-order chi connectivity index (χ1) is 16.6. The fraction of sp³-hybridized carbons (Fsp3) is 0.308. The summed E-state index contributed by atoms with van der Waals surface area (Å²) in [5.41, 5.74) is 4.48. The van der Waals surface area contributed by atoms with E-state index < -0.39 is 0 Å². The molecule has 0 unspecified atom stereocenters. The summed E-state index contributed by atoms with van der Waals surface area (Å²) in [6, 6.07) is 12.9. The molecule has 2 aromatic carbocycles. The monoisotopic (exact) mass is 458 g/mol. The minimum absolute atomic E-state index is 0.103. The molecule has 8 heteroatoms. The Labute approximate surface area is 196 Å². The number of aryl methyl sites for hydroxylation is 1. The molecule has 0 atom stereocenters. The molecule has 0 spiro atoms. The van der Waals surface area contributed by atoms with Crippen molar-refractivity contribution < 1.29 is 14.1 Å². The predicted octanol–water partition coefficient (Wildman–Crippen LogP) is 3.56. The minimum Gasteiger partial charge on any atom is -0.381 e. The Morgan fingerprint density at radius 1 is 1.18 bits per heavy atom. The van der Waals surface area contributed by atoms with Gasteiger partial charge in [-0.3, -0.25) is 14.2 Å². The van der Waals surface area contributed by atoms with Crippen molar-refractivity contribution >= 4 is 16.8 Å². The third kappa shape index (κ3) is 4.63. The maximum Gasteiger partial charge on any atom is 0.261 e. The van der Waals surface area contributed by atoms with Crippen LogP contribution in [0.1, 0.15) is 34.5 Å². The van der Waals surface area contributed by atoms with Crippen LogP contribution >= 0.6 is 0 Å². The summed E-state index contributed by atoms with van der Waals surface area (Å²) < 4.78 is 12.0. The summed E-state index contributed by atoms with van der Waals surface area (Å²) in [5, 5.41) is 7.47. The zero-order valence-electron chi connectivity index (χ0n) is 19.0. The van der Waals surface area contributed by atoms with Crippen LogP contribution < -0.4 is 10.9 Å². The van der Waals surface area contributed by atoms with E-state index in [0.717, 1.165) is 48.4 Å². The number of nitrogens with one attached hydrogen (secondary N) is 1. The molecule has 1 fully saturated rings. The van der Waals surface area contributed by atoms with Gasteiger partial charge in [-0.05, 0) is 61.1 Å². The van der Waals surface area contributed by atoms with Gasteiger partial charge in [-0.2, -0.15) is 0 Å². The summed E-state index contributed by atoms with van der Waals surface area (Å²) in [5.74, 6) is 0.353. The lowest BCUT2D eigenvalue weighted by molar-refractivity contribution is 0.0642. The van der Waals surface area contributed by atoms with E-state index in [-0.39, 0.29) is 11.5 Å². The second-order valence-electron chi connectivity index (χ2n) is 8.69. The van der Waals surface area contributed by atoms with Crippen LogP contribution in [0, 0.1) is 12.8 Å². The van der Waals surface area contributed by atoms with Crippen LogP contribution in [-0.4, -0.2) is 40.4 Å². The highest BCUT2D eigenvalue weighted by molar-refractivity contribution is 5.94. The molecule has 4 aromatic rings. The Bertz CT molecular complexity index is 1390. The topological polar surface area (TPSA) is 99.2 Å². The molecule has 0 aliphatic carbocycles. The van der Waals surface area contributed by atoms with Crippen molar-refractivity contribution in [1.82, 2.24) is 20.0 Å². The van der Waals surface area contributed by atoms with Crippen molar-refractivity contribution in [2.24, 2.45) is 5.92 Å². The Balaban J connectivity index is 1.32. The Hall–Kier alpha value is -3.78. The van der Waals surface area contributed by atoms with Gasteiger partial charge < -0.3 is 14.6 Å². The number of aromatic nitrogens is 3. The standard InChI is InChI=1S/C26H26N4O4/c1-17-23(15-34-29-17)20-5-6-22-24(12-20)28-16-30(26(22)32)14-19-3-2-4-21(11-19)25(31)27-13-18-7-9-33-10-8-18/h2-6,11-12,15-16,18H,7-10,13-14H2,1H3,(H,27,31). The van der Waals surface area contributed by atoms with Gasteiger partial charge in [-0.15, -0.1) is 0 Å². The summed E-state index contributed by atoms with van der Waals surface area (Å²) in [6.07, 6.45) is 5.08. The molecule has 8 nitrogen and oxygen atoms in total. The van der Waals surface area contributed by atoms with Crippen molar-refractivity contribution in [3.63, 3.8) is 0 Å². The molecule has 5 rings (SSSR count). The fourth-order valence-corrected chi connectivity index (χ4v) is 4.31. The molecule has 1 amide bonds. The van der Waals surface area contributed by atoms with Gasteiger partial charge in [0.1, 0.15) is 6.26 Å². The normalized spacial score (nSPS) is 14.4. The Kier molecular flexibility index (Phi) is 6.22. The smallest absolute Gasteiger partial charge is 0.261 e. The summed E-state index contributed by atoms with van der Waals surface area (Å²) in [7, 11) is 0. The largest absolute Gasteiger partial charge is 0.381 e. The minimum atomic E-state index is -0.132. The van der Waals surface area contributed by atoms with Crippen molar-refractivity contribution in [2.75, 3.05) is 19.8 Å². The molecule has 0 radical (unpaired) electrons. The molecule has 1 aliphatic rings. The molecule has 0 bridgehead atoms. The van der Waals surface area contributed by atoms with Gasteiger partial charge in [0.05, 0.1) is 29.5 Å². The van der Waals surface area contributed by atoms with Gasteiger partial charge in [-0.1, -0.05) is 23.4 Å². The zero-order valence-corrected chi connectivity index (χ0v) is 19.0. The first-order valence-corrected chi connectivity index (χ1v) is 11.4. The first-order valence-electron chi connectivity index (χ1n) is 11.4. The van der Waals surface area contributed by atoms with E-state index in [4.69, 9.17) is 9.26 Å². The number of ether oxygens (including phenoxy) is 1. The summed E-state index contributed by atoms with van der Waals surface area (Å²) >= 11 is 0. The maximum atomic E-state index is 13.1. The molecular formula is C26H26N4O4. The average molecular weight is 459 g/mol. The zero-order chi connectivity index (χ0) is 23.5. The predicted molar refractivity (Wildman–Crippen MR) is 128 cm³/mol. The number of carbonyl (C=O) groups is 1. The highest BCUT2D eigenvalue weighted by atomic mass is 16.5. The van der Waals surface area contributed by atoms with E-state index in [1.54, 1.807) is 29.3 Å². The van der Waals surface area contributed by atoms with Crippen LogP contribution in [0.3, 0.4) is 0 Å². The number of nitrogens with zero attached hydrogens (tertiary/aromatic N) is 3. The van der Waals surface area contributed by atoms with Crippen molar-refractivity contribution in [3.8, 4) is 11.1 Å². The van der Waals surface area contributed by atoms with E-state index in [9.17, 15) is 9.59 Å². The maximum absolute atomic E-state index is 13.1. The SMILES string of the molecule is Cc1nocc1-c1ccc2c(=O)n(Cc3cccc(C(=O)NCC4CCOCC4)c3)cnc2c1. The van der Waals surface area contributed by atoms with Crippen LogP contribution in [-0.2, 0) is 11.3 Å². The van der Waals surface area contributed by atoms with Crippen molar-refractivity contribution in [2.45, 2.75) is 26.3 Å². The average Bonchev–Trinajstić information content (AvgIpc) is 3.30. The number of amides is 1. The molecule has 34 heavy (non-hydrogen) atoms. The molecule has 1 aliphatic heterocycles. The fourth-order valence-electron chi connectivity index (χ4n) is 4.31. The van der Waals surface area contributed by atoms with Crippen LogP contribution in [0.25, 0.3) is 22.0 Å². The molecule has 2 aromatic heterocycles. The van der Waals surface area contributed by atoms with Gasteiger partial charge in [0.15, 0.2) is 0 Å². The van der Waals surface area contributed by atoms with Crippen molar-refractivity contribution in [3.05, 3.63) is 82.2 Å². The molecule has 1 N–H and O–H groups in total. The van der Waals surface area contributed by atoms with E-state index in [1.807, 2.05) is 37.3 Å². The molecule has 0 saturated carbocycles. The van der Waals surface area contributed by atoms with Crippen LogP contribution in [0.15, 0.2) is 64.4 Å². The highest BCUT2D eigenvalue weighted by Crippen LogP contribution is 2.24. The van der Waals surface area contributed by atoms with E-state index >= 15 is 0 Å². The van der Waals surface area contributed by atoms with E-state index in [0.29, 0.717) is 35.5 Å². The molecule has 174 valence electrons. The summed E-state index contributed by atoms with van der Waals surface area (Å²) in [6.45, 7) is 4.36. The van der Waals surface area contributed by atoms with Crippen LogP contribution in [0.4, 0.5) is 0 Å². The lowest BCUT2D eigenvalue weighted by Crippen LogP contribution is -2.32. The number of carbonyl (C=O) groups excluding carboxylic acids is 1. The van der Waals surface area contributed by atoms with Crippen LogP contribution in [0.5, 0.6) is 0 Å². The number of hydrogen-bond donors (Lipinski definition) is 1. The summed E-state index contributed by atoms with van der Waals surface area (Å²) in [4.78, 5) is 30.2. The quantitative estimate of drug-likeness (QED) is 0.474.